The van der Waals surface area contributed by atoms with Crippen molar-refractivity contribution in [2.24, 2.45) is 5.92 Å². The fraction of sp³-hybridized carbons (Fsp3) is 0.550. The minimum absolute atomic E-state index is 0.000443. The van der Waals surface area contributed by atoms with E-state index in [4.69, 9.17) is 0 Å². The molecule has 1 aromatic heterocycles. The van der Waals surface area contributed by atoms with E-state index in [1.54, 1.807) is 0 Å². The largest absolute Gasteiger partial charge is 0.539 e. The fourth-order valence-electron chi connectivity index (χ4n) is 3.58. The van der Waals surface area contributed by atoms with Gasteiger partial charge in [-0.3, -0.25) is 9.69 Å². The number of piperidine rings is 1. The summed E-state index contributed by atoms with van der Waals surface area (Å²) >= 11 is 0. The first-order valence-electron chi connectivity index (χ1n) is 9.61. The summed E-state index contributed by atoms with van der Waals surface area (Å²) in [7, 11) is 0. The molecule has 27 heavy (non-hydrogen) atoms. The molecule has 0 bridgehead atoms. The van der Waals surface area contributed by atoms with Gasteiger partial charge in [-0.25, -0.2) is 0 Å². The van der Waals surface area contributed by atoms with Gasteiger partial charge in [0.15, 0.2) is 0 Å². The number of hydrogen-bond acceptors (Lipinski definition) is 5. The molecule has 1 atom stereocenters. The molecule has 7 heteroatoms. The summed E-state index contributed by atoms with van der Waals surface area (Å²) in [5.41, 5.74) is 2.68. The van der Waals surface area contributed by atoms with Crippen LogP contribution in [0.5, 0.6) is 5.95 Å². The van der Waals surface area contributed by atoms with E-state index in [0.717, 1.165) is 38.9 Å². The summed E-state index contributed by atoms with van der Waals surface area (Å²) in [6.45, 7) is 7.23. The summed E-state index contributed by atoms with van der Waals surface area (Å²) in [4.78, 5) is 14.5. The van der Waals surface area contributed by atoms with Crippen LogP contribution in [0, 0.1) is 5.92 Å². The molecule has 1 aromatic carbocycles. The molecular formula is C20H28N4O3. The molecule has 2 aromatic rings. The van der Waals surface area contributed by atoms with Crippen LogP contribution in [0.25, 0.3) is 0 Å². The van der Waals surface area contributed by atoms with E-state index in [1.165, 1.54) is 22.0 Å². The zero-order valence-corrected chi connectivity index (χ0v) is 16.1. The standard InChI is InChI=1S/C20H28N4O3/c1-15(2)10-16-5-7-17(8-6-16)11-23-9-3-4-18(12-23)21-19(25)13-24-14-20(26)27-22-24/h5-8,14-15,18H,3-4,9-13H2,1-2H3,(H-,21,22,25,26). The molecule has 0 spiro atoms. The molecule has 1 amide bonds. The third kappa shape index (κ3) is 6.06. The Morgan fingerprint density at radius 3 is 2.78 bits per heavy atom. The average Bonchev–Trinajstić information content (AvgIpc) is 3.01. The highest BCUT2D eigenvalue weighted by Crippen LogP contribution is 2.15. The zero-order chi connectivity index (χ0) is 19.2. The van der Waals surface area contributed by atoms with E-state index in [1.807, 2.05) is 0 Å². The van der Waals surface area contributed by atoms with Crippen LogP contribution in [0.3, 0.4) is 0 Å². The normalized spacial score (nSPS) is 18.0. The second kappa shape index (κ2) is 8.99. The summed E-state index contributed by atoms with van der Waals surface area (Å²) < 4.78 is 5.66. The maximum absolute atomic E-state index is 12.1. The van der Waals surface area contributed by atoms with Gasteiger partial charge in [-0.1, -0.05) is 42.8 Å². The predicted octanol–water partition coefficient (Wildman–Crippen LogP) is 1.02. The van der Waals surface area contributed by atoms with E-state index < -0.39 is 5.95 Å². The van der Waals surface area contributed by atoms with E-state index in [9.17, 15) is 9.90 Å². The lowest BCUT2D eigenvalue weighted by molar-refractivity contribution is -0.751. The van der Waals surface area contributed by atoms with Gasteiger partial charge in [0.1, 0.15) is 5.95 Å². The van der Waals surface area contributed by atoms with Gasteiger partial charge in [-0.2, -0.15) is 0 Å². The van der Waals surface area contributed by atoms with Crippen LogP contribution in [-0.4, -0.2) is 35.2 Å². The molecule has 1 fully saturated rings. The summed E-state index contributed by atoms with van der Waals surface area (Å²) in [6, 6.07) is 8.98. The molecular weight excluding hydrogens is 344 g/mol. The molecule has 146 valence electrons. The predicted molar refractivity (Wildman–Crippen MR) is 97.6 cm³/mol. The number of hydrogen-bond donors (Lipinski definition) is 1. The molecule has 3 rings (SSSR count). The summed E-state index contributed by atoms with van der Waals surface area (Å²) in [5.74, 6) is -0.0396. The van der Waals surface area contributed by atoms with Crippen LogP contribution >= 0.6 is 0 Å². The molecule has 0 saturated carbocycles. The highest BCUT2D eigenvalue weighted by molar-refractivity contribution is 5.74. The maximum atomic E-state index is 12.1. The second-order valence-electron chi connectivity index (χ2n) is 7.77. The minimum Gasteiger partial charge on any atom is -0.539 e. The summed E-state index contributed by atoms with van der Waals surface area (Å²) in [6.07, 6.45) is 4.30. The van der Waals surface area contributed by atoms with Gasteiger partial charge >= 0.3 is 0 Å². The average molecular weight is 372 g/mol. The highest BCUT2D eigenvalue weighted by atomic mass is 16.6. The van der Waals surface area contributed by atoms with Gasteiger partial charge in [-0.05, 0) is 42.9 Å². The molecule has 1 N–H and O–H groups in total. The molecule has 0 aliphatic carbocycles. The highest BCUT2D eigenvalue weighted by Gasteiger charge is 2.23. The van der Waals surface area contributed by atoms with Crippen molar-refractivity contribution in [2.45, 2.75) is 52.2 Å². The van der Waals surface area contributed by atoms with Crippen LogP contribution < -0.4 is 15.1 Å². The van der Waals surface area contributed by atoms with E-state index in [-0.39, 0.29) is 18.5 Å². The number of nitrogens with one attached hydrogen (secondary N) is 1. The van der Waals surface area contributed by atoms with Crippen molar-refractivity contribution in [2.75, 3.05) is 13.1 Å². The van der Waals surface area contributed by atoms with E-state index >= 15 is 0 Å². The van der Waals surface area contributed by atoms with Gasteiger partial charge in [0, 0.05) is 19.1 Å². The summed E-state index contributed by atoms with van der Waals surface area (Å²) in [5, 5.41) is 17.5. The smallest absolute Gasteiger partial charge is 0.288 e. The van der Waals surface area contributed by atoms with Crippen molar-refractivity contribution >= 4 is 5.91 Å². The molecule has 2 heterocycles. The van der Waals surface area contributed by atoms with Crippen molar-refractivity contribution in [3.8, 4) is 5.95 Å². The Labute approximate surface area is 159 Å². The number of amides is 1. The lowest BCUT2D eigenvalue weighted by atomic mass is 10.0. The van der Waals surface area contributed by atoms with Crippen LogP contribution in [0.1, 0.15) is 37.8 Å². The van der Waals surface area contributed by atoms with Crippen LogP contribution in [0.15, 0.2) is 35.0 Å². The Hall–Kier alpha value is -2.41. The van der Waals surface area contributed by atoms with Crippen molar-refractivity contribution in [1.29, 1.82) is 0 Å². The number of nitrogens with zero attached hydrogens (tertiary/aromatic N) is 3. The van der Waals surface area contributed by atoms with Crippen molar-refractivity contribution in [1.82, 2.24) is 15.5 Å². The Kier molecular flexibility index (Phi) is 6.45. The number of rotatable bonds is 7. The molecule has 1 aliphatic heterocycles. The van der Waals surface area contributed by atoms with Crippen molar-refractivity contribution < 1.29 is 19.1 Å². The van der Waals surface area contributed by atoms with Gasteiger partial charge in [-0.15, -0.1) is 0 Å². The Bertz CT molecular complexity index is 742. The molecule has 1 saturated heterocycles. The van der Waals surface area contributed by atoms with Gasteiger partial charge in [0.25, 0.3) is 12.5 Å². The molecule has 7 nitrogen and oxygen atoms in total. The molecule has 0 radical (unpaired) electrons. The zero-order valence-electron chi connectivity index (χ0n) is 16.1. The van der Waals surface area contributed by atoms with E-state index in [2.05, 4.69) is 58.1 Å². The number of carbonyl (C=O) groups is 1. The third-order valence-electron chi connectivity index (χ3n) is 4.74. The topological polar surface area (TPSA) is 85.3 Å². The van der Waals surface area contributed by atoms with Crippen LogP contribution in [0.4, 0.5) is 0 Å². The quantitative estimate of drug-likeness (QED) is 0.734. The Balaban J connectivity index is 1.48. The van der Waals surface area contributed by atoms with Crippen molar-refractivity contribution in [3.63, 3.8) is 0 Å². The third-order valence-corrected chi connectivity index (χ3v) is 4.74. The lowest BCUT2D eigenvalue weighted by Gasteiger charge is -2.33. The minimum atomic E-state index is -0.550. The molecule has 1 aliphatic rings. The van der Waals surface area contributed by atoms with Gasteiger partial charge in [0.05, 0.1) is 5.27 Å². The first-order chi connectivity index (χ1) is 13.0. The first-order valence-corrected chi connectivity index (χ1v) is 9.61. The first kappa shape index (κ1) is 19.4. The van der Waals surface area contributed by atoms with Crippen LogP contribution in [-0.2, 0) is 24.3 Å². The number of carbonyl (C=O) groups excluding carboxylic acids is 1. The van der Waals surface area contributed by atoms with Gasteiger partial charge in [0.2, 0.25) is 6.20 Å². The Morgan fingerprint density at radius 1 is 1.37 bits per heavy atom. The monoisotopic (exact) mass is 372 g/mol. The number of aromatic nitrogens is 2. The van der Waals surface area contributed by atoms with Crippen LogP contribution in [0.2, 0.25) is 0 Å². The van der Waals surface area contributed by atoms with E-state index in [0.29, 0.717) is 5.92 Å². The van der Waals surface area contributed by atoms with Crippen molar-refractivity contribution in [3.05, 3.63) is 41.6 Å². The maximum Gasteiger partial charge on any atom is 0.288 e. The number of benzene rings is 1. The fourth-order valence-corrected chi connectivity index (χ4v) is 3.58. The number of likely N-dealkylation sites (tertiary alicyclic amines) is 1. The van der Waals surface area contributed by atoms with Gasteiger partial charge < -0.3 is 14.9 Å². The Morgan fingerprint density at radius 2 is 2.11 bits per heavy atom. The second-order valence-corrected chi connectivity index (χ2v) is 7.77. The lowest BCUT2D eigenvalue weighted by Crippen LogP contribution is -2.51. The molecule has 1 unspecified atom stereocenters. The SMILES string of the molecule is CC(C)Cc1ccc(CN2CCCC(NC(=O)C[n+]3cc([O-])on3)C2)cc1.